The largest absolute Gasteiger partial charge is 0.494 e. The van der Waals surface area contributed by atoms with E-state index in [0.717, 1.165) is 38.8 Å². The van der Waals surface area contributed by atoms with E-state index in [-0.39, 0.29) is 17.8 Å². The van der Waals surface area contributed by atoms with Crippen LogP contribution in [-0.2, 0) is 4.79 Å². The molecule has 0 saturated carbocycles. The molecule has 1 aliphatic rings. The first-order valence-corrected chi connectivity index (χ1v) is 10.1. The number of rotatable bonds is 6. The van der Waals surface area contributed by atoms with Crippen LogP contribution in [0.4, 0.5) is 10.5 Å². The highest BCUT2D eigenvalue weighted by molar-refractivity contribution is 9.10. The summed E-state index contributed by atoms with van der Waals surface area (Å²) in [6.07, 6.45) is 1.73. The molecule has 0 unspecified atom stereocenters. The third kappa shape index (κ3) is 4.73. The van der Waals surface area contributed by atoms with E-state index in [0.29, 0.717) is 11.5 Å². The van der Waals surface area contributed by atoms with Gasteiger partial charge in [-0.25, -0.2) is 0 Å². The first-order valence-electron chi connectivity index (χ1n) is 8.46. The van der Waals surface area contributed by atoms with Gasteiger partial charge in [0.15, 0.2) is 0 Å². The second-order valence-corrected chi connectivity index (χ2v) is 7.81. The van der Waals surface area contributed by atoms with Crippen molar-refractivity contribution in [1.82, 2.24) is 4.90 Å². The van der Waals surface area contributed by atoms with Crippen LogP contribution < -0.4 is 10.1 Å². The average Bonchev–Trinajstić information content (AvgIpc) is 2.90. The summed E-state index contributed by atoms with van der Waals surface area (Å²) in [7, 11) is 0. The van der Waals surface area contributed by atoms with Crippen molar-refractivity contribution >= 4 is 50.6 Å². The Bertz CT molecular complexity index is 897. The number of anilines is 1. The van der Waals surface area contributed by atoms with Crippen molar-refractivity contribution in [2.75, 3.05) is 18.6 Å². The van der Waals surface area contributed by atoms with Gasteiger partial charge >= 0.3 is 0 Å². The van der Waals surface area contributed by atoms with Crippen LogP contribution in [0.1, 0.15) is 18.1 Å². The number of hydrogen-bond donors (Lipinski definition) is 1. The normalized spacial score (nSPS) is 15.5. The SMILES string of the molecule is CCOc1ccc(/C=C2/SC(=O)N(CNc3ccc(Br)cc3C)C2=O)cc1. The number of thioether (sulfide) groups is 1. The fourth-order valence-electron chi connectivity index (χ4n) is 2.60. The van der Waals surface area contributed by atoms with Gasteiger partial charge in [-0.2, -0.15) is 0 Å². The first-order chi connectivity index (χ1) is 13.0. The molecular weight excluding hydrogens is 428 g/mol. The molecule has 2 aromatic rings. The minimum atomic E-state index is -0.291. The van der Waals surface area contributed by atoms with Crippen molar-refractivity contribution in [3.05, 3.63) is 63.0 Å². The van der Waals surface area contributed by atoms with E-state index in [9.17, 15) is 9.59 Å². The summed E-state index contributed by atoms with van der Waals surface area (Å²) < 4.78 is 6.39. The third-order valence-electron chi connectivity index (χ3n) is 3.98. The molecule has 0 bridgehead atoms. The van der Waals surface area contributed by atoms with Gasteiger partial charge in [0.25, 0.3) is 11.1 Å². The van der Waals surface area contributed by atoms with E-state index in [1.165, 1.54) is 4.90 Å². The molecule has 1 saturated heterocycles. The summed E-state index contributed by atoms with van der Waals surface area (Å²) in [5.74, 6) is 0.484. The van der Waals surface area contributed by atoms with Gasteiger partial charge in [0.2, 0.25) is 0 Å². The summed E-state index contributed by atoms with van der Waals surface area (Å²) in [4.78, 5) is 26.5. The van der Waals surface area contributed by atoms with Crippen molar-refractivity contribution < 1.29 is 14.3 Å². The molecule has 1 aliphatic heterocycles. The number of imide groups is 1. The number of amides is 2. The van der Waals surface area contributed by atoms with Crippen LogP contribution in [0.15, 0.2) is 51.8 Å². The van der Waals surface area contributed by atoms with Crippen LogP contribution in [0.2, 0.25) is 0 Å². The molecule has 140 valence electrons. The standard InChI is InChI=1S/C20H19BrN2O3S/c1-3-26-16-7-4-14(5-8-16)11-18-19(24)23(20(25)27-18)12-22-17-9-6-15(21)10-13(17)2/h4-11,22H,3,12H2,1-2H3/b18-11+. The van der Waals surface area contributed by atoms with Crippen molar-refractivity contribution in [2.45, 2.75) is 13.8 Å². The number of hydrogen-bond acceptors (Lipinski definition) is 5. The average molecular weight is 447 g/mol. The van der Waals surface area contributed by atoms with Crippen LogP contribution in [0.3, 0.4) is 0 Å². The van der Waals surface area contributed by atoms with Crippen LogP contribution in [0, 0.1) is 6.92 Å². The molecule has 0 atom stereocenters. The van der Waals surface area contributed by atoms with Gasteiger partial charge in [-0.15, -0.1) is 0 Å². The van der Waals surface area contributed by atoms with E-state index < -0.39 is 0 Å². The van der Waals surface area contributed by atoms with Crippen LogP contribution in [-0.4, -0.2) is 29.3 Å². The molecule has 27 heavy (non-hydrogen) atoms. The van der Waals surface area contributed by atoms with Crippen molar-refractivity contribution in [3.63, 3.8) is 0 Å². The number of benzene rings is 2. The van der Waals surface area contributed by atoms with E-state index in [1.54, 1.807) is 6.08 Å². The number of carbonyl (C=O) groups is 2. The lowest BCUT2D eigenvalue weighted by molar-refractivity contribution is -0.122. The van der Waals surface area contributed by atoms with Crippen LogP contribution in [0.5, 0.6) is 5.75 Å². The van der Waals surface area contributed by atoms with Crippen LogP contribution >= 0.6 is 27.7 Å². The van der Waals surface area contributed by atoms with E-state index in [2.05, 4.69) is 21.2 Å². The molecule has 3 rings (SSSR count). The van der Waals surface area contributed by atoms with Gasteiger partial charge in [0, 0.05) is 10.2 Å². The molecule has 0 aliphatic carbocycles. The summed E-state index contributed by atoms with van der Waals surface area (Å²) in [5, 5.41) is 2.88. The number of ether oxygens (including phenoxy) is 1. The Kier molecular flexibility index (Phi) is 6.23. The molecule has 1 N–H and O–H groups in total. The Labute approximate surface area is 170 Å². The predicted octanol–water partition coefficient (Wildman–Crippen LogP) is 5.26. The fourth-order valence-corrected chi connectivity index (χ4v) is 3.92. The summed E-state index contributed by atoms with van der Waals surface area (Å²) in [6.45, 7) is 4.62. The van der Waals surface area contributed by atoms with Gasteiger partial charge in [-0.1, -0.05) is 28.1 Å². The zero-order valence-electron chi connectivity index (χ0n) is 15.0. The second-order valence-electron chi connectivity index (χ2n) is 5.91. The number of aryl methyl sites for hydroxylation is 1. The Morgan fingerprint density at radius 3 is 2.59 bits per heavy atom. The van der Waals surface area contributed by atoms with Gasteiger partial charge in [-0.3, -0.25) is 14.5 Å². The maximum absolute atomic E-state index is 12.6. The molecule has 2 amide bonds. The van der Waals surface area contributed by atoms with Gasteiger partial charge < -0.3 is 10.1 Å². The van der Waals surface area contributed by atoms with Crippen molar-refractivity contribution in [2.24, 2.45) is 0 Å². The highest BCUT2D eigenvalue weighted by atomic mass is 79.9. The number of nitrogens with one attached hydrogen (secondary N) is 1. The molecule has 0 aromatic heterocycles. The zero-order valence-corrected chi connectivity index (χ0v) is 17.4. The van der Waals surface area contributed by atoms with Gasteiger partial charge in [0.1, 0.15) is 5.75 Å². The lowest BCUT2D eigenvalue weighted by atomic mass is 10.2. The molecule has 7 heteroatoms. The summed E-state index contributed by atoms with van der Waals surface area (Å²) >= 11 is 4.37. The molecule has 5 nitrogen and oxygen atoms in total. The lowest BCUT2D eigenvalue weighted by Crippen LogP contribution is -2.33. The highest BCUT2D eigenvalue weighted by Crippen LogP contribution is 2.32. The second kappa shape index (κ2) is 8.63. The van der Waals surface area contributed by atoms with E-state index in [4.69, 9.17) is 4.74 Å². The third-order valence-corrected chi connectivity index (χ3v) is 5.38. The maximum atomic E-state index is 12.6. The molecule has 0 radical (unpaired) electrons. The predicted molar refractivity (Wildman–Crippen MR) is 113 cm³/mol. The fraction of sp³-hybridized carbons (Fsp3) is 0.200. The first kappa shape index (κ1) is 19.5. The minimum absolute atomic E-state index is 0.133. The Morgan fingerprint density at radius 1 is 1.19 bits per heavy atom. The molecule has 1 heterocycles. The van der Waals surface area contributed by atoms with Gasteiger partial charge in [0.05, 0.1) is 18.2 Å². The molecular formula is C20H19BrN2O3S. The smallest absolute Gasteiger partial charge is 0.295 e. The van der Waals surface area contributed by atoms with E-state index >= 15 is 0 Å². The van der Waals surface area contributed by atoms with Crippen molar-refractivity contribution in [3.8, 4) is 5.75 Å². The number of nitrogens with zero attached hydrogens (tertiary/aromatic N) is 1. The van der Waals surface area contributed by atoms with E-state index in [1.807, 2.05) is 56.3 Å². The molecule has 1 fully saturated rings. The quantitative estimate of drug-likeness (QED) is 0.612. The summed E-state index contributed by atoms with van der Waals surface area (Å²) in [6, 6.07) is 13.2. The van der Waals surface area contributed by atoms with Gasteiger partial charge in [-0.05, 0) is 73.1 Å². The lowest BCUT2D eigenvalue weighted by Gasteiger charge is -2.16. The Morgan fingerprint density at radius 2 is 1.93 bits per heavy atom. The number of carbonyl (C=O) groups excluding carboxylic acids is 2. The highest BCUT2D eigenvalue weighted by Gasteiger charge is 2.34. The molecule has 0 spiro atoms. The zero-order chi connectivity index (χ0) is 19.4. The topological polar surface area (TPSA) is 58.6 Å². The monoisotopic (exact) mass is 446 g/mol. The number of halogens is 1. The molecule has 2 aromatic carbocycles. The maximum Gasteiger partial charge on any atom is 0.295 e. The Hall–Kier alpha value is -2.25. The Balaban J connectivity index is 1.68. The summed E-state index contributed by atoms with van der Waals surface area (Å²) in [5.41, 5.74) is 2.76. The van der Waals surface area contributed by atoms with Crippen LogP contribution in [0.25, 0.3) is 6.08 Å². The van der Waals surface area contributed by atoms with Crippen molar-refractivity contribution in [1.29, 1.82) is 0 Å². The minimum Gasteiger partial charge on any atom is -0.494 e.